The number of benzene rings is 1. The fraction of sp³-hybridized carbons (Fsp3) is 0.333. The number of alkyl halides is 2. The van der Waals surface area contributed by atoms with Crippen LogP contribution in [0.25, 0.3) is 11.5 Å². The molecule has 2 heterocycles. The van der Waals surface area contributed by atoms with E-state index in [4.69, 9.17) is 4.42 Å². The Kier molecular flexibility index (Phi) is 4.93. The van der Waals surface area contributed by atoms with E-state index in [-0.39, 0.29) is 28.9 Å². The van der Waals surface area contributed by atoms with Crippen LogP contribution in [-0.2, 0) is 0 Å². The Hall–Kier alpha value is -3.04. The maximum Gasteiger partial charge on any atom is 0.314 e. The first kappa shape index (κ1) is 18.3. The summed E-state index contributed by atoms with van der Waals surface area (Å²) < 4.78 is 58.5. The molecule has 0 saturated heterocycles. The summed E-state index contributed by atoms with van der Waals surface area (Å²) in [5.41, 5.74) is 0.209. The number of nitrogens with zero attached hydrogens (tertiary/aromatic N) is 4. The van der Waals surface area contributed by atoms with Gasteiger partial charge in [0.2, 0.25) is 5.95 Å². The van der Waals surface area contributed by atoms with Crippen LogP contribution in [0, 0.1) is 17.6 Å². The van der Waals surface area contributed by atoms with Crippen molar-refractivity contribution in [2.24, 2.45) is 5.92 Å². The van der Waals surface area contributed by atoms with Crippen molar-refractivity contribution < 1.29 is 22.0 Å². The first-order chi connectivity index (χ1) is 13.5. The van der Waals surface area contributed by atoms with Gasteiger partial charge in [0, 0.05) is 18.0 Å². The Labute approximate surface area is 157 Å². The summed E-state index contributed by atoms with van der Waals surface area (Å²) in [6, 6.07) is 3.13. The zero-order valence-corrected chi connectivity index (χ0v) is 14.4. The summed E-state index contributed by atoms with van der Waals surface area (Å²) in [6.07, 6.45) is 2.41. The molecule has 1 aliphatic rings. The Morgan fingerprint density at radius 2 is 1.71 bits per heavy atom. The number of hydrogen-bond donors (Lipinski definition) is 1. The van der Waals surface area contributed by atoms with Crippen molar-refractivity contribution in [3.63, 3.8) is 0 Å². The van der Waals surface area contributed by atoms with E-state index < -0.39 is 30.0 Å². The van der Waals surface area contributed by atoms with Gasteiger partial charge in [0.05, 0.1) is 11.6 Å². The van der Waals surface area contributed by atoms with Gasteiger partial charge in [-0.15, -0.1) is 10.2 Å². The highest BCUT2D eigenvalue weighted by Crippen LogP contribution is 2.41. The number of aromatic nitrogens is 4. The summed E-state index contributed by atoms with van der Waals surface area (Å²) in [7, 11) is 0. The van der Waals surface area contributed by atoms with Gasteiger partial charge >= 0.3 is 6.43 Å². The smallest absolute Gasteiger partial charge is 0.314 e. The van der Waals surface area contributed by atoms with Crippen LogP contribution in [0.2, 0.25) is 0 Å². The largest absolute Gasteiger partial charge is 0.415 e. The molecule has 1 unspecified atom stereocenters. The molecule has 0 spiro atoms. The second-order valence-electron chi connectivity index (χ2n) is 6.49. The van der Waals surface area contributed by atoms with Crippen LogP contribution >= 0.6 is 0 Å². The Morgan fingerprint density at radius 1 is 1.04 bits per heavy atom. The van der Waals surface area contributed by atoms with Gasteiger partial charge < -0.3 is 9.73 Å². The Morgan fingerprint density at radius 3 is 2.25 bits per heavy atom. The summed E-state index contributed by atoms with van der Waals surface area (Å²) in [4.78, 5) is 8.18. The lowest BCUT2D eigenvalue weighted by Crippen LogP contribution is -2.28. The molecule has 4 rings (SSSR count). The van der Waals surface area contributed by atoms with E-state index in [1.807, 2.05) is 0 Å². The first-order valence-electron chi connectivity index (χ1n) is 8.67. The molecule has 10 heteroatoms. The summed E-state index contributed by atoms with van der Waals surface area (Å²) >= 11 is 0. The molecule has 0 amide bonds. The van der Waals surface area contributed by atoms with Crippen LogP contribution in [0.3, 0.4) is 0 Å². The van der Waals surface area contributed by atoms with Gasteiger partial charge in [-0.05, 0) is 30.9 Å². The molecule has 1 aliphatic carbocycles. The maximum absolute atomic E-state index is 14.3. The third-order valence-corrected chi connectivity index (χ3v) is 4.74. The van der Waals surface area contributed by atoms with Gasteiger partial charge in [-0.2, -0.15) is 8.78 Å². The van der Waals surface area contributed by atoms with Crippen molar-refractivity contribution >= 4 is 5.95 Å². The van der Waals surface area contributed by atoms with Crippen LogP contribution in [0.1, 0.15) is 43.2 Å². The highest BCUT2D eigenvalue weighted by atomic mass is 19.3. The molecule has 1 fully saturated rings. The third-order valence-electron chi connectivity index (χ3n) is 4.74. The molecule has 3 aromatic rings. The second-order valence-corrected chi connectivity index (χ2v) is 6.49. The second kappa shape index (κ2) is 7.53. The van der Waals surface area contributed by atoms with Crippen molar-refractivity contribution in [3.8, 4) is 11.5 Å². The molecule has 28 heavy (non-hydrogen) atoms. The quantitative estimate of drug-likeness (QED) is 0.612. The fourth-order valence-corrected chi connectivity index (χ4v) is 3.10. The molecular weight excluding hydrogens is 378 g/mol. The molecule has 0 bridgehead atoms. The summed E-state index contributed by atoms with van der Waals surface area (Å²) in [6.45, 7) is 0. The number of anilines is 1. The highest BCUT2D eigenvalue weighted by molar-refractivity contribution is 5.50. The van der Waals surface area contributed by atoms with E-state index in [9.17, 15) is 17.6 Å². The number of rotatable bonds is 6. The predicted molar refractivity (Wildman–Crippen MR) is 90.3 cm³/mol. The zero-order valence-electron chi connectivity index (χ0n) is 14.4. The van der Waals surface area contributed by atoms with Crippen molar-refractivity contribution in [1.82, 2.24) is 20.2 Å². The normalized spacial score (nSPS) is 15.5. The Bertz CT molecular complexity index is 939. The number of halogens is 4. The van der Waals surface area contributed by atoms with E-state index in [1.54, 1.807) is 0 Å². The molecule has 0 aliphatic heterocycles. The minimum atomic E-state index is -2.87. The molecule has 1 saturated carbocycles. The Balaban J connectivity index is 1.57. The average molecular weight is 393 g/mol. The average Bonchev–Trinajstić information content (AvgIpc) is 3.11. The summed E-state index contributed by atoms with van der Waals surface area (Å²) in [5, 5.41) is 9.76. The molecule has 1 atom stereocenters. The first-order valence-corrected chi connectivity index (χ1v) is 8.67. The van der Waals surface area contributed by atoms with Crippen LogP contribution < -0.4 is 5.32 Å². The maximum atomic E-state index is 14.3. The predicted octanol–water partition coefficient (Wildman–Crippen LogP) is 4.70. The van der Waals surface area contributed by atoms with Crippen molar-refractivity contribution in [2.75, 3.05) is 5.32 Å². The standard InChI is InChI=1S/C18H15F4N5O/c19-11-5-2-6-12(20)13(11)14(9-3-1-4-9)25-18-23-7-10(8-24-18)16-26-27-17(28-16)15(21)22/h2,5-9,14-15H,1,3-4H2,(H,23,24,25). The van der Waals surface area contributed by atoms with Crippen LogP contribution in [0.4, 0.5) is 23.5 Å². The minimum absolute atomic E-state index is 0.0432. The van der Waals surface area contributed by atoms with Crippen LogP contribution in [0.15, 0.2) is 35.0 Å². The lowest BCUT2D eigenvalue weighted by molar-refractivity contribution is 0.116. The van der Waals surface area contributed by atoms with Gasteiger partial charge in [-0.3, -0.25) is 0 Å². The molecule has 0 radical (unpaired) electrons. The SMILES string of the molecule is Fc1cccc(F)c1C(Nc1ncc(-c2nnc(C(F)F)o2)cn1)C1CCC1. The third kappa shape index (κ3) is 3.54. The molecule has 2 aromatic heterocycles. The van der Waals surface area contributed by atoms with Crippen molar-refractivity contribution in [1.29, 1.82) is 0 Å². The molecule has 1 N–H and O–H groups in total. The zero-order chi connectivity index (χ0) is 19.7. The van der Waals surface area contributed by atoms with Gasteiger partial charge in [-0.1, -0.05) is 12.5 Å². The van der Waals surface area contributed by atoms with E-state index in [0.29, 0.717) is 0 Å². The van der Waals surface area contributed by atoms with E-state index in [0.717, 1.165) is 19.3 Å². The van der Waals surface area contributed by atoms with Crippen molar-refractivity contribution in [2.45, 2.75) is 31.7 Å². The van der Waals surface area contributed by atoms with Gasteiger partial charge in [0.1, 0.15) is 11.6 Å². The molecular formula is C18H15F4N5O. The fourth-order valence-electron chi connectivity index (χ4n) is 3.10. The number of hydrogen-bond acceptors (Lipinski definition) is 6. The van der Waals surface area contributed by atoms with Crippen LogP contribution in [-0.4, -0.2) is 20.2 Å². The van der Waals surface area contributed by atoms with E-state index in [1.165, 1.54) is 30.6 Å². The summed E-state index contributed by atoms with van der Waals surface area (Å²) in [5.74, 6) is -2.00. The molecule has 6 nitrogen and oxygen atoms in total. The highest BCUT2D eigenvalue weighted by Gasteiger charge is 2.33. The van der Waals surface area contributed by atoms with Gasteiger partial charge in [0.15, 0.2) is 0 Å². The lowest BCUT2D eigenvalue weighted by atomic mass is 9.77. The van der Waals surface area contributed by atoms with E-state index >= 15 is 0 Å². The molecule has 146 valence electrons. The molecule has 1 aromatic carbocycles. The van der Waals surface area contributed by atoms with Gasteiger partial charge in [0.25, 0.3) is 11.8 Å². The van der Waals surface area contributed by atoms with Gasteiger partial charge in [-0.25, -0.2) is 18.7 Å². The number of nitrogens with one attached hydrogen (secondary N) is 1. The topological polar surface area (TPSA) is 76.7 Å². The monoisotopic (exact) mass is 393 g/mol. The van der Waals surface area contributed by atoms with E-state index in [2.05, 4.69) is 25.5 Å². The minimum Gasteiger partial charge on any atom is -0.415 e. The van der Waals surface area contributed by atoms with Crippen molar-refractivity contribution in [3.05, 3.63) is 53.7 Å². The lowest BCUT2D eigenvalue weighted by Gasteiger charge is -2.34. The van der Waals surface area contributed by atoms with Crippen LogP contribution in [0.5, 0.6) is 0 Å².